The molecule has 0 atom stereocenters. The third kappa shape index (κ3) is 5.58. The normalized spacial score (nSPS) is 13.9. The highest BCUT2D eigenvalue weighted by Gasteiger charge is 2.16. The molecule has 0 spiro atoms. The molecule has 0 bridgehead atoms. The Hall–Kier alpha value is -4.11. The van der Waals surface area contributed by atoms with Crippen molar-refractivity contribution in [3.63, 3.8) is 0 Å². The minimum Gasteiger partial charge on any atom is -0.496 e. The fourth-order valence-electron chi connectivity index (χ4n) is 4.39. The summed E-state index contributed by atoms with van der Waals surface area (Å²) in [6.45, 7) is 2.85. The van der Waals surface area contributed by atoms with E-state index in [1.54, 1.807) is 19.5 Å². The first kappa shape index (κ1) is 23.6. The van der Waals surface area contributed by atoms with E-state index in [1.807, 2.05) is 42.5 Å². The smallest absolute Gasteiger partial charge is 0.299 e. The van der Waals surface area contributed by atoms with E-state index in [9.17, 15) is 4.79 Å². The Morgan fingerprint density at radius 1 is 1.06 bits per heavy atom. The minimum atomic E-state index is 0.0364. The Morgan fingerprint density at radius 3 is 2.72 bits per heavy atom. The quantitative estimate of drug-likeness (QED) is 0.345. The number of hydrogen-bond acceptors (Lipinski definition) is 8. The van der Waals surface area contributed by atoms with Crippen molar-refractivity contribution < 1.29 is 18.4 Å². The van der Waals surface area contributed by atoms with Crippen molar-refractivity contribution in [2.75, 3.05) is 32.1 Å². The number of oxazole rings is 2. The summed E-state index contributed by atoms with van der Waals surface area (Å²) in [5.41, 5.74) is 3.39. The predicted molar refractivity (Wildman–Crippen MR) is 136 cm³/mol. The second-order valence-corrected chi connectivity index (χ2v) is 8.71. The molecule has 0 aliphatic carbocycles. The van der Waals surface area contributed by atoms with Crippen molar-refractivity contribution in [1.82, 2.24) is 20.2 Å². The highest BCUT2D eigenvalue weighted by molar-refractivity contribution is 5.78. The van der Waals surface area contributed by atoms with Gasteiger partial charge < -0.3 is 24.2 Å². The van der Waals surface area contributed by atoms with Gasteiger partial charge in [-0.15, -0.1) is 0 Å². The zero-order valence-corrected chi connectivity index (χ0v) is 20.2. The van der Waals surface area contributed by atoms with Crippen LogP contribution in [0.4, 0.5) is 11.7 Å². The maximum Gasteiger partial charge on any atom is 0.299 e. The first-order chi connectivity index (χ1) is 17.7. The third-order valence-electron chi connectivity index (χ3n) is 6.23. The molecular formula is C27H29N5O4. The molecule has 0 radical (unpaired) electrons. The number of carbonyl (C=O) groups excluding carboxylic acids is 1. The Morgan fingerprint density at radius 2 is 1.92 bits per heavy atom. The monoisotopic (exact) mass is 487 g/mol. The van der Waals surface area contributed by atoms with Crippen LogP contribution in [0.25, 0.3) is 22.6 Å². The van der Waals surface area contributed by atoms with Gasteiger partial charge in [0.2, 0.25) is 5.91 Å². The van der Waals surface area contributed by atoms with Crippen molar-refractivity contribution in [2.45, 2.75) is 25.8 Å². The number of rotatable bonds is 9. The molecular weight excluding hydrogens is 458 g/mol. The maximum atomic E-state index is 12.5. The lowest BCUT2D eigenvalue weighted by molar-refractivity contribution is -0.122. The number of piperidine rings is 1. The van der Waals surface area contributed by atoms with Crippen LogP contribution in [0.3, 0.4) is 0 Å². The van der Waals surface area contributed by atoms with E-state index in [2.05, 4.69) is 25.5 Å². The van der Waals surface area contributed by atoms with E-state index in [4.69, 9.17) is 13.6 Å². The summed E-state index contributed by atoms with van der Waals surface area (Å²) in [5.74, 6) is 1.91. The van der Waals surface area contributed by atoms with Gasteiger partial charge in [-0.25, -0.2) is 9.97 Å². The molecule has 1 saturated heterocycles. The number of nitrogens with one attached hydrogen (secondary N) is 2. The van der Waals surface area contributed by atoms with Crippen LogP contribution in [0.1, 0.15) is 24.8 Å². The summed E-state index contributed by atoms with van der Waals surface area (Å²) in [4.78, 5) is 23.0. The number of anilines is 2. The molecule has 0 saturated carbocycles. The first-order valence-corrected chi connectivity index (χ1v) is 12.1. The van der Waals surface area contributed by atoms with Crippen LogP contribution in [-0.4, -0.2) is 47.5 Å². The molecule has 0 unspecified atom stereocenters. The Labute approximate surface area is 209 Å². The second kappa shape index (κ2) is 11.1. The Bertz CT molecular complexity index is 1300. The molecule has 5 rings (SSSR count). The standard InChI is InChI=1S/C27H29N5O4/c1-34-23-13-20(9-10-22(23)24-15-28-18-35-24)31-27-30-16-25(36-27)21-8-4-3-7-19(21)14-29-26(33)17-32-11-5-2-6-12-32/h3-4,7-10,13,15-16,18H,2,5-6,11-12,14,17H2,1H3,(H,29,33)(H,30,31). The predicted octanol–water partition coefficient (Wildman–Crippen LogP) is 4.85. The lowest BCUT2D eigenvalue weighted by atomic mass is 10.1. The average Bonchev–Trinajstić information content (AvgIpc) is 3.61. The molecule has 2 aromatic heterocycles. The van der Waals surface area contributed by atoms with Gasteiger partial charge in [0.05, 0.1) is 31.6 Å². The highest BCUT2D eigenvalue weighted by Crippen LogP contribution is 2.34. The second-order valence-electron chi connectivity index (χ2n) is 8.71. The largest absolute Gasteiger partial charge is 0.496 e. The number of carbonyl (C=O) groups is 1. The van der Waals surface area contributed by atoms with E-state index in [0.29, 0.717) is 36.4 Å². The van der Waals surface area contributed by atoms with Gasteiger partial charge in [-0.05, 0) is 43.6 Å². The molecule has 3 heterocycles. The van der Waals surface area contributed by atoms with E-state index >= 15 is 0 Å². The van der Waals surface area contributed by atoms with Crippen LogP contribution in [-0.2, 0) is 11.3 Å². The average molecular weight is 488 g/mol. The van der Waals surface area contributed by atoms with Gasteiger partial charge in [0.25, 0.3) is 6.01 Å². The topological polar surface area (TPSA) is 106 Å². The molecule has 1 aliphatic heterocycles. The van der Waals surface area contributed by atoms with Crippen molar-refractivity contribution in [3.8, 4) is 28.4 Å². The Balaban J connectivity index is 1.25. The first-order valence-electron chi connectivity index (χ1n) is 12.1. The number of nitrogens with zero attached hydrogens (tertiary/aromatic N) is 3. The fourth-order valence-corrected chi connectivity index (χ4v) is 4.39. The van der Waals surface area contributed by atoms with E-state index in [0.717, 1.165) is 48.3 Å². The van der Waals surface area contributed by atoms with Gasteiger partial charge >= 0.3 is 0 Å². The summed E-state index contributed by atoms with van der Waals surface area (Å²) in [6.07, 6.45) is 8.27. The van der Waals surface area contributed by atoms with Gasteiger partial charge in [-0.2, -0.15) is 0 Å². The molecule has 9 nitrogen and oxygen atoms in total. The lowest BCUT2D eigenvalue weighted by Crippen LogP contribution is -2.39. The van der Waals surface area contributed by atoms with Crippen LogP contribution in [0.2, 0.25) is 0 Å². The molecule has 4 aromatic rings. The third-order valence-corrected chi connectivity index (χ3v) is 6.23. The van der Waals surface area contributed by atoms with Gasteiger partial charge in [0.1, 0.15) is 5.75 Å². The molecule has 1 amide bonds. The minimum absolute atomic E-state index is 0.0364. The molecule has 9 heteroatoms. The SMILES string of the molecule is COc1cc(Nc2ncc(-c3ccccc3CNC(=O)CN3CCCCC3)o2)ccc1-c1cnco1. The number of likely N-dealkylation sites (tertiary alicyclic amines) is 1. The van der Waals surface area contributed by atoms with Crippen molar-refractivity contribution in [3.05, 3.63) is 66.8 Å². The number of ether oxygens (including phenoxy) is 1. The molecule has 2 aromatic carbocycles. The molecule has 36 heavy (non-hydrogen) atoms. The van der Waals surface area contributed by atoms with Gasteiger partial charge in [0, 0.05) is 23.9 Å². The van der Waals surface area contributed by atoms with Gasteiger partial charge in [-0.3, -0.25) is 9.69 Å². The molecule has 186 valence electrons. The number of hydrogen-bond donors (Lipinski definition) is 2. The van der Waals surface area contributed by atoms with E-state index in [1.165, 1.54) is 12.8 Å². The summed E-state index contributed by atoms with van der Waals surface area (Å²) >= 11 is 0. The summed E-state index contributed by atoms with van der Waals surface area (Å²) in [6, 6.07) is 13.8. The van der Waals surface area contributed by atoms with Crippen LogP contribution in [0, 0.1) is 0 Å². The number of aromatic nitrogens is 2. The van der Waals surface area contributed by atoms with Crippen molar-refractivity contribution in [1.29, 1.82) is 0 Å². The number of methoxy groups -OCH3 is 1. The fraction of sp³-hybridized carbons (Fsp3) is 0.296. The van der Waals surface area contributed by atoms with E-state index in [-0.39, 0.29) is 5.91 Å². The van der Waals surface area contributed by atoms with Crippen LogP contribution < -0.4 is 15.4 Å². The van der Waals surface area contributed by atoms with E-state index < -0.39 is 0 Å². The van der Waals surface area contributed by atoms with Gasteiger partial charge in [0.15, 0.2) is 17.9 Å². The maximum absolute atomic E-state index is 12.5. The number of benzene rings is 2. The zero-order valence-electron chi connectivity index (χ0n) is 20.2. The highest BCUT2D eigenvalue weighted by atomic mass is 16.5. The lowest BCUT2D eigenvalue weighted by Gasteiger charge is -2.25. The Kier molecular flexibility index (Phi) is 7.28. The van der Waals surface area contributed by atoms with Crippen molar-refractivity contribution in [2.24, 2.45) is 0 Å². The van der Waals surface area contributed by atoms with Gasteiger partial charge in [-0.1, -0.05) is 30.7 Å². The van der Waals surface area contributed by atoms with Crippen LogP contribution in [0.15, 0.2) is 70.1 Å². The zero-order chi connectivity index (χ0) is 24.7. The summed E-state index contributed by atoms with van der Waals surface area (Å²) in [5, 5.41) is 6.23. The molecule has 1 aliphatic rings. The summed E-state index contributed by atoms with van der Waals surface area (Å²) in [7, 11) is 1.60. The summed E-state index contributed by atoms with van der Waals surface area (Å²) < 4.78 is 16.9. The number of amides is 1. The molecule has 1 fully saturated rings. The molecule has 2 N–H and O–H groups in total. The van der Waals surface area contributed by atoms with Crippen LogP contribution in [0.5, 0.6) is 5.75 Å². The van der Waals surface area contributed by atoms with Crippen LogP contribution >= 0.6 is 0 Å². The van der Waals surface area contributed by atoms with Crippen molar-refractivity contribution >= 4 is 17.6 Å².